The molecular weight excluding hydrogens is 983 g/mol. The van der Waals surface area contributed by atoms with Gasteiger partial charge in [-0.05, 0) is 97.4 Å². The second-order valence-electron chi connectivity index (χ2n) is 14.4. The van der Waals surface area contributed by atoms with Crippen LogP contribution in [0.4, 0.5) is 17.1 Å². The molecule has 0 aromatic heterocycles. The molecule has 17 heteroatoms. The van der Waals surface area contributed by atoms with Gasteiger partial charge >= 0.3 is 17.9 Å². The van der Waals surface area contributed by atoms with Crippen LogP contribution < -0.4 is 11.1 Å². The lowest BCUT2D eigenvalue weighted by Crippen LogP contribution is -2.11. The highest BCUT2D eigenvalue weighted by Gasteiger charge is 2.20. The van der Waals surface area contributed by atoms with Crippen LogP contribution in [0, 0.1) is 17.0 Å². The van der Waals surface area contributed by atoms with Crippen LogP contribution >= 0.6 is 56.9 Å². The maximum atomic E-state index is 11.9. The van der Waals surface area contributed by atoms with Crippen molar-refractivity contribution < 1.29 is 39.4 Å². The molecule has 0 aliphatic carbocycles. The number of carbonyl (C=O) groups excluding carboxylic acids is 1. The van der Waals surface area contributed by atoms with Crippen LogP contribution in [0.25, 0.3) is 0 Å². The summed E-state index contributed by atoms with van der Waals surface area (Å²) in [5.41, 5.74) is 10.2. The summed E-state index contributed by atoms with van der Waals surface area (Å²) in [7, 11) is 2.47. The molecule has 0 fully saturated rings. The summed E-state index contributed by atoms with van der Waals surface area (Å²) >= 11 is 4.41. The van der Waals surface area contributed by atoms with Gasteiger partial charge in [-0.1, -0.05) is 160 Å². The minimum atomic E-state index is -1.05. The van der Waals surface area contributed by atoms with Crippen LogP contribution in [0.2, 0.25) is 0 Å². The number of nitro groups is 1. The number of anilines is 2. The summed E-state index contributed by atoms with van der Waals surface area (Å²) in [4.78, 5) is 62.2. The number of aryl methyl sites for hydroxylation is 1. The first-order valence-electron chi connectivity index (χ1n) is 20.8. The number of aromatic carboxylic acids is 3. The number of amides is 1. The van der Waals surface area contributed by atoms with E-state index in [1.807, 2.05) is 78.9 Å². The number of carboxylic acids is 3. The highest BCUT2D eigenvalue weighted by atomic mass is 33.1. The molecule has 0 unspecified atom stereocenters. The third-order valence-electron chi connectivity index (χ3n) is 9.57. The van der Waals surface area contributed by atoms with Gasteiger partial charge in [0.05, 0.1) is 37.8 Å². The molecule has 70 heavy (non-hydrogen) atoms. The Balaban J connectivity index is 0.000000154. The zero-order valence-electron chi connectivity index (χ0n) is 36.8. The molecule has 1 aliphatic heterocycles. The number of nitrogens with zero attached hydrogens (tertiary/aromatic N) is 1. The molecule has 1 aliphatic rings. The molecule has 1 heterocycles. The average molecular weight is 1020 g/mol. The van der Waals surface area contributed by atoms with Gasteiger partial charge in [-0.15, -0.1) is 0 Å². The minimum absolute atomic E-state index is 0.0342. The van der Waals surface area contributed by atoms with Gasteiger partial charge < -0.3 is 26.4 Å². The predicted molar refractivity (Wildman–Crippen MR) is 280 cm³/mol. The van der Waals surface area contributed by atoms with Crippen LogP contribution in [0.15, 0.2) is 233 Å². The maximum Gasteiger partial charge on any atom is 0.336 e. The Hall–Kier alpha value is -7.41. The van der Waals surface area contributed by atoms with E-state index in [0.29, 0.717) is 19.6 Å². The van der Waals surface area contributed by atoms with Crippen molar-refractivity contribution >= 4 is 97.8 Å². The zero-order valence-corrected chi connectivity index (χ0v) is 40.9. The fourth-order valence-corrected chi connectivity index (χ4v) is 11.5. The average Bonchev–Trinajstić information content (AvgIpc) is 3.51. The molecule has 0 saturated heterocycles. The van der Waals surface area contributed by atoms with E-state index in [1.165, 1.54) is 56.3 Å². The number of nitrogens with one attached hydrogen (secondary N) is 1. The SMILES string of the molecule is Cc1ccccc1Sc1ccccc1N.O=C(O)c1ccccc1SSc1ccccc1C(=O)O.O=C(O)c1ccccc1Sc1ccccc1[N+](=O)[O-].O=C1Nc2ccccc2Sc2ccccc21. The Kier molecular flexibility index (Phi) is 19.2. The number of carboxylic acid groups (broad SMARTS) is 3. The van der Waals surface area contributed by atoms with Gasteiger partial charge in [0.2, 0.25) is 0 Å². The number of nitrogens with two attached hydrogens (primary N) is 1. The summed E-state index contributed by atoms with van der Waals surface area (Å²) in [6.07, 6.45) is 0. The van der Waals surface area contributed by atoms with E-state index in [9.17, 15) is 29.3 Å². The van der Waals surface area contributed by atoms with Crippen molar-refractivity contribution in [2.75, 3.05) is 11.1 Å². The van der Waals surface area contributed by atoms with Gasteiger partial charge in [-0.2, -0.15) is 0 Å². The van der Waals surface area contributed by atoms with Crippen LogP contribution in [-0.2, 0) is 0 Å². The first-order chi connectivity index (χ1) is 33.8. The van der Waals surface area contributed by atoms with E-state index in [4.69, 9.17) is 21.1 Å². The first-order valence-corrected chi connectivity index (χ1v) is 25.4. The lowest BCUT2D eigenvalue weighted by atomic mass is 10.2. The van der Waals surface area contributed by atoms with Crippen molar-refractivity contribution in [3.8, 4) is 0 Å². The van der Waals surface area contributed by atoms with Gasteiger partial charge in [0, 0.05) is 46.0 Å². The molecule has 6 N–H and O–H groups in total. The monoisotopic (exact) mass is 1020 g/mol. The molecule has 0 spiro atoms. The second-order valence-corrected chi connectivity index (χ2v) is 19.8. The van der Waals surface area contributed by atoms with Gasteiger partial charge in [-0.3, -0.25) is 14.9 Å². The van der Waals surface area contributed by atoms with Crippen molar-refractivity contribution in [3.05, 3.63) is 232 Å². The topological polar surface area (TPSA) is 210 Å². The van der Waals surface area contributed by atoms with Gasteiger partial charge in [0.1, 0.15) is 0 Å². The normalized spacial score (nSPS) is 10.9. The molecule has 1 amide bonds. The fourth-order valence-electron chi connectivity index (χ4n) is 6.14. The summed E-state index contributed by atoms with van der Waals surface area (Å²) in [6, 6.07) is 57.7. The number of para-hydroxylation sites is 3. The fraction of sp³-hybridized carbons (Fsp3) is 0.0189. The van der Waals surface area contributed by atoms with E-state index in [0.717, 1.165) is 43.4 Å². The van der Waals surface area contributed by atoms with Crippen molar-refractivity contribution in [2.24, 2.45) is 0 Å². The molecule has 9 rings (SSSR count). The van der Waals surface area contributed by atoms with Gasteiger partial charge in [0.25, 0.3) is 11.6 Å². The predicted octanol–water partition coefficient (Wildman–Crippen LogP) is 14.5. The number of nitro benzene ring substituents is 1. The Morgan fingerprint density at radius 1 is 0.514 bits per heavy atom. The highest BCUT2D eigenvalue weighted by Crippen LogP contribution is 2.41. The smallest absolute Gasteiger partial charge is 0.336 e. The van der Waals surface area contributed by atoms with Crippen LogP contribution in [-0.4, -0.2) is 44.1 Å². The Morgan fingerprint density at radius 2 is 0.929 bits per heavy atom. The van der Waals surface area contributed by atoms with Crippen molar-refractivity contribution in [3.63, 3.8) is 0 Å². The minimum Gasteiger partial charge on any atom is -0.478 e. The molecule has 8 aromatic carbocycles. The number of rotatable bonds is 11. The number of benzene rings is 8. The third-order valence-corrected chi connectivity index (χ3v) is 15.6. The number of carbonyl (C=O) groups is 4. The number of fused-ring (bicyclic) bond motifs is 2. The molecule has 0 atom stereocenters. The maximum absolute atomic E-state index is 11.9. The van der Waals surface area contributed by atoms with E-state index in [1.54, 1.807) is 96.3 Å². The van der Waals surface area contributed by atoms with Gasteiger partial charge in [-0.25, -0.2) is 14.4 Å². The lowest BCUT2D eigenvalue weighted by Gasteiger charge is -2.06. The Bertz CT molecular complexity index is 3020. The van der Waals surface area contributed by atoms with E-state index in [2.05, 4.69) is 30.4 Å². The summed E-state index contributed by atoms with van der Waals surface area (Å²) < 4.78 is 0. The summed E-state index contributed by atoms with van der Waals surface area (Å²) in [6.45, 7) is 2.11. The number of hydrogen-bond donors (Lipinski definition) is 5. The van der Waals surface area contributed by atoms with Gasteiger partial charge in [0.15, 0.2) is 0 Å². The van der Waals surface area contributed by atoms with Crippen LogP contribution in [0.1, 0.15) is 47.0 Å². The Morgan fingerprint density at radius 3 is 1.49 bits per heavy atom. The molecule has 8 aromatic rings. The highest BCUT2D eigenvalue weighted by molar-refractivity contribution is 8.76. The summed E-state index contributed by atoms with van der Waals surface area (Å²) in [5, 5.41) is 41.1. The third kappa shape index (κ3) is 14.6. The first kappa shape index (κ1) is 52.0. The molecule has 0 bridgehead atoms. The van der Waals surface area contributed by atoms with Crippen molar-refractivity contribution in [1.82, 2.24) is 0 Å². The number of hydrogen-bond acceptors (Lipinski definition) is 12. The second kappa shape index (κ2) is 25.8. The lowest BCUT2D eigenvalue weighted by molar-refractivity contribution is -0.387. The molecule has 12 nitrogen and oxygen atoms in total. The standard InChI is InChI=1S/C14H10O4S2.C13H9NO4S.C13H9NOS.C13H13NS/c15-13(16)9-5-1-3-7-11(9)19-20-12-8-4-2-6-10(12)14(17)18;15-13(16)9-5-1-3-7-11(9)19-12-8-4-2-6-10(12)14(17)18;15-13-9-5-1-3-7-11(9)16-12-8-4-2-6-10(12)14-13;1-10-6-2-4-8-12(10)15-13-9-5-3-7-11(13)14/h1-8H,(H,15,16)(H,17,18);1-8H,(H,15,16);1-8H,(H,14,15);2-9H,14H2,1H3. The molecule has 352 valence electrons. The molecule has 0 radical (unpaired) electrons. The van der Waals surface area contributed by atoms with Crippen LogP contribution in [0.3, 0.4) is 0 Å². The van der Waals surface area contributed by atoms with Crippen LogP contribution in [0.5, 0.6) is 0 Å². The molecular formula is C53H41N3O9S5. The summed E-state index contributed by atoms with van der Waals surface area (Å²) in [5.74, 6) is -3.09. The van der Waals surface area contributed by atoms with E-state index >= 15 is 0 Å². The Labute approximate surface area is 423 Å². The molecule has 0 saturated carbocycles. The largest absolute Gasteiger partial charge is 0.478 e. The van der Waals surface area contributed by atoms with E-state index < -0.39 is 22.8 Å². The zero-order chi connectivity index (χ0) is 50.0. The van der Waals surface area contributed by atoms with E-state index in [-0.39, 0.29) is 28.3 Å². The quantitative estimate of drug-likeness (QED) is 0.0353. The van der Waals surface area contributed by atoms with Crippen molar-refractivity contribution in [1.29, 1.82) is 0 Å². The van der Waals surface area contributed by atoms with Crippen molar-refractivity contribution in [2.45, 2.75) is 46.1 Å². The number of nitrogen functional groups attached to an aromatic ring is 1.